The molecule has 3 heteroatoms. The molecule has 1 aromatic carbocycles. The summed E-state index contributed by atoms with van der Waals surface area (Å²) < 4.78 is 0. The number of nitrogens with one attached hydrogen (secondary N) is 1. The van der Waals surface area contributed by atoms with Crippen LogP contribution in [0.5, 0.6) is 0 Å². The molecule has 1 aromatic heterocycles. The van der Waals surface area contributed by atoms with E-state index >= 15 is 0 Å². The molecule has 0 aliphatic rings. The summed E-state index contributed by atoms with van der Waals surface area (Å²) in [6.07, 6.45) is 0.239. The number of benzene rings is 1. The predicted molar refractivity (Wildman–Crippen MR) is 73.5 cm³/mol. The number of hydrogen-bond donors (Lipinski definition) is 2. The number of aryl methyl sites for hydroxylation is 1. The molecule has 0 aliphatic heterocycles. The van der Waals surface area contributed by atoms with Gasteiger partial charge < -0.3 is 10.4 Å². The van der Waals surface area contributed by atoms with Crippen LogP contribution in [0.3, 0.4) is 0 Å². The van der Waals surface area contributed by atoms with Crippen molar-refractivity contribution >= 4 is 5.82 Å². The highest BCUT2D eigenvalue weighted by Crippen LogP contribution is 2.15. The Morgan fingerprint density at radius 2 is 1.89 bits per heavy atom. The van der Waals surface area contributed by atoms with Gasteiger partial charge in [-0.3, -0.25) is 0 Å². The number of aromatic nitrogens is 1. The highest BCUT2D eigenvalue weighted by molar-refractivity contribution is 5.35. The lowest BCUT2D eigenvalue weighted by Crippen LogP contribution is -2.08. The average Bonchev–Trinajstić information content (AvgIpc) is 2.40. The minimum Gasteiger partial charge on any atom is -0.388 e. The fourth-order valence-corrected chi connectivity index (χ4v) is 1.82. The molecule has 2 N–H and O–H groups in total. The van der Waals surface area contributed by atoms with Crippen LogP contribution in [0.15, 0.2) is 48.5 Å². The maximum atomic E-state index is 9.99. The summed E-state index contributed by atoms with van der Waals surface area (Å²) in [6.45, 7) is 2.66. The van der Waals surface area contributed by atoms with E-state index in [9.17, 15) is 5.11 Å². The van der Waals surface area contributed by atoms with Gasteiger partial charge in [-0.1, -0.05) is 36.4 Å². The number of rotatable bonds is 5. The summed E-state index contributed by atoms with van der Waals surface area (Å²) >= 11 is 0. The van der Waals surface area contributed by atoms with E-state index in [1.165, 1.54) is 0 Å². The fraction of sp³-hybridized carbons (Fsp3) is 0.267. The summed E-state index contributed by atoms with van der Waals surface area (Å²) in [5.74, 6) is 0.857. The third kappa shape index (κ3) is 3.57. The Morgan fingerprint density at radius 1 is 1.11 bits per heavy atom. The first-order chi connectivity index (χ1) is 8.75. The van der Waals surface area contributed by atoms with Crippen molar-refractivity contribution in [1.29, 1.82) is 0 Å². The standard InChI is InChI=1S/C15H18N2O/c1-12-6-5-9-15(17-12)16-11-10-14(18)13-7-3-2-4-8-13/h2-9,14,18H,10-11H2,1H3,(H,16,17). The van der Waals surface area contributed by atoms with E-state index in [0.29, 0.717) is 13.0 Å². The zero-order valence-electron chi connectivity index (χ0n) is 10.5. The number of pyridine rings is 1. The molecule has 0 saturated carbocycles. The summed E-state index contributed by atoms with van der Waals surface area (Å²) in [5, 5.41) is 13.2. The number of aliphatic hydroxyl groups excluding tert-OH is 1. The van der Waals surface area contributed by atoms with Crippen LogP contribution in [0.2, 0.25) is 0 Å². The van der Waals surface area contributed by atoms with Gasteiger partial charge in [0.05, 0.1) is 6.10 Å². The second-order valence-electron chi connectivity index (χ2n) is 4.31. The minimum atomic E-state index is -0.427. The van der Waals surface area contributed by atoms with Gasteiger partial charge in [0, 0.05) is 12.2 Å². The Kier molecular flexibility index (Phi) is 4.31. The van der Waals surface area contributed by atoms with E-state index in [0.717, 1.165) is 17.1 Å². The van der Waals surface area contributed by atoms with E-state index in [1.807, 2.05) is 55.5 Å². The van der Waals surface area contributed by atoms with Gasteiger partial charge >= 0.3 is 0 Å². The van der Waals surface area contributed by atoms with Gasteiger partial charge in [0.2, 0.25) is 0 Å². The number of nitrogens with zero attached hydrogens (tertiary/aromatic N) is 1. The van der Waals surface area contributed by atoms with Gasteiger partial charge in [0.15, 0.2) is 0 Å². The SMILES string of the molecule is Cc1cccc(NCCC(O)c2ccccc2)n1. The molecule has 2 aromatic rings. The van der Waals surface area contributed by atoms with Crippen molar-refractivity contribution in [2.45, 2.75) is 19.4 Å². The molecule has 18 heavy (non-hydrogen) atoms. The molecule has 0 saturated heterocycles. The highest BCUT2D eigenvalue weighted by Gasteiger charge is 2.06. The Morgan fingerprint density at radius 3 is 2.61 bits per heavy atom. The molecule has 0 aliphatic carbocycles. The molecule has 3 nitrogen and oxygen atoms in total. The van der Waals surface area contributed by atoms with Crippen LogP contribution in [0.4, 0.5) is 5.82 Å². The summed E-state index contributed by atoms with van der Waals surface area (Å²) in [4.78, 5) is 4.35. The topological polar surface area (TPSA) is 45.1 Å². The van der Waals surface area contributed by atoms with E-state index in [-0.39, 0.29) is 0 Å². The van der Waals surface area contributed by atoms with Crippen LogP contribution in [0, 0.1) is 6.92 Å². The monoisotopic (exact) mass is 242 g/mol. The lowest BCUT2D eigenvalue weighted by Gasteiger charge is -2.12. The molecular formula is C15H18N2O. The van der Waals surface area contributed by atoms with Crippen molar-refractivity contribution in [3.05, 3.63) is 59.8 Å². The van der Waals surface area contributed by atoms with Gasteiger partial charge in [0.1, 0.15) is 5.82 Å². The number of anilines is 1. The predicted octanol–water partition coefficient (Wildman–Crippen LogP) is 2.93. The van der Waals surface area contributed by atoms with Crippen molar-refractivity contribution in [2.75, 3.05) is 11.9 Å². The van der Waals surface area contributed by atoms with Crippen LogP contribution in [-0.2, 0) is 0 Å². The molecule has 0 radical (unpaired) electrons. The van der Waals surface area contributed by atoms with Gasteiger partial charge in [-0.15, -0.1) is 0 Å². The lowest BCUT2D eigenvalue weighted by molar-refractivity contribution is 0.171. The highest BCUT2D eigenvalue weighted by atomic mass is 16.3. The summed E-state index contributed by atoms with van der Waals surface area (Å²) in [7, 11) is 0. The van der Waals surface area contributed by atoms with Crippen LogP contribution < -0.4 is 5.32 Å². The zero-order valence-corrected chi connectivity index (χ0v) is 10.5. The normalized spacial score (nSPS) is 12.1. The van der Waals surface area contributed by atoms with Crippen molar-refractivity contribution in [3.63, 3.8) is 0 Å². The summed E-state index contributed by atoms with van der Waals surface area (Å²) in [5.41, 5.74) is 1.94. The van der Waals surface area contributed by atoms with E-state index in [2.05, 4.69) is 10.3 Å². The molecule has 2 rings (SSSR count). The average molecular weight is 242 g/mol. The molecule has 0 amide bonds. The maximum Gasteiger partial charge on any atom is 0.126 e. The maximum absolute atomic E-state index is 9.99. The molecule has 1 atom stereocenters. The Hall–Kier alpha value is -1.87. The van der Waals surface area contributed by atoms with Gasteiger partial charge in [-0.25, -0.2) is 4.98 Å². The van der Waals surface area contributed by atoms with E-state index in [1.54, 1.807) is 0 Å². The van der Waals surface area contributed by atoms with Gasteiger partial charge in [-0.05, 0) is 31.0 Å². The largest absolute Gasteiger partial charge is 0.388 e. The van der Waals surface area contributed by atoms with Crippen molar-refractivity contribution in [3.8, 4) is 0 Å². The number of aliphatic hydroxyl groups is 1. The smallest absolute Gasteiger partial charge is 0.126 e. The number of hydrogen-bond acceptors (Lipinski definition) is 3. The van der Waals surface area contributed by atoms with Gasteiger partial charge in [0.25, 0.3) is 0 Å². The molecule has 1 heterocycles. The molecule has 0 fully saturated rings. The second kappa shape index (κ2) is 6.17. The minimum absolute atomic E-state index is 0.427. The Labute approximate surface area is 108 Å². The van der Waals surface area contributed by atoms with Crippen LogP contribution in [0.1, 0.15) is 23.8 Å². The van der Waals surface area contributed by atoms with Crippen molar-refractivity contribution < 1.29 is 5.11 Å². The molecule has 0 bridgehead atoms. The zero-order chi connectivity index (χ0) is 12.8. The third-order valence-electron chi connectivity index (χ3n) is 2.80. The summed E-state index contributed by atoms with van der Waals surface area (Å²) in [6, 6.07) is 15.6. The second-order valence-corrected chi connectivity index (χ2v) is 4.31. The molecule has 0 spiro atoms. The quantitative estimate of drug-likeness (QED) is 0.847. The van der Waals surface area contributed by atoms with E-state index < -0.39 is 6.10 Å². The first-order valence-electron chi connectivity index (χ1n) is 6.16. The van der Waals surface area contributed by atoms with Crippen LogP contribution in [-0.4, -0.2) is 16.6 Å². The van der Waals surface area contributed by atoms with E-state index in [4.69, 9.17) is 0 Å². The van der Waals surface area contributed by atoms with Crippen LogP contribution >= 0.6 is 0 Å². The fourth-order valence-electron chi connectivity index (χ4n) is 1.82. The first kappa shape index (κ1) is 12.6. The molecule has 1 unspecified atom stereocenters. The Bertz CT molecular complexity index is 485. The Balaban J connectivity index is 1.82. The van der Waals surface area contributed by atoms with Crippen molar-refractivity contribution in [2.24, 2.45) is 0 Å². The molecule has 94 valence electrons. The van der Waals surface area contributed by atoms with Crippen molar-refractivity contribution in [1.82, 2.24) is 4.98 Å². The van der Waals surface area contributed by atoms with Crippen LogP contribution in [0.25, 0.3) is 0 Å². The van der Waals surface area contributed by atoms with Gasteiger partial charge in [-0.2, -0.15) is 0 Å². The third-order valence-corrected chi connectivity index (χ3v) is 2.80. The molecular weight excluding hydrogens is 224 g/mol. The first-order valence-corrected chi connectivity index (χ1v) is 6.16. The lowest BCUT2D eigenvalue weighted by atomic mass is 10.1.